The maximum absolute atomic E-state index is 11.5. The van der Waals surface area contributed by atoms with Crippen LogP contribution in [0.15, 0.2) is 12.7 Å². The van der Waals surface area contributed by atoms with E-state index in [1.54, 1.807) is 7.11 Å². The molecule has 0 aliphatic heterocycles. The Hall–Kier alpha value is -0.830. The molecule has 0 atom stereocenters. The van der Waals surface area contributed by atoms with E-state index in [0.29, 0.717) is 19.2 Å². The Balaban J connectivity index is 4.35. The van der Waals surface area contributed by atoms with E-state index in [1.165, 1.54) is 6.08 Å². The van der Waals surface area contributed by atoms with Crippen LogP contribution in [-0.2, 0) is 9.53 Å². The Kier molecular flexibility index (Phi) is 7.11. The van der Waals surface area contributed by atoms with E-state index in [1.807, 2.05) is 4.90 Å². The van der Waals surface area contributed by atoms with E-state index in [-0.39, 0.29) is 5.91 Å². The van der Waals surface area contributed by atoms with Gasteiger partial charge >= 0.3 is 0 Å². The molecule has 0 spiro atoms. The molecule has 14 heavy (non-hydrogen) atoms. The highest BCUT2D eigenvalue weighted by molar-refractivity contribution is 5.87. The summed E-state index contributed by atoms with van der Waals surface area (Å²) in [5, 5.41) is 0. The fourth-order valence-corrected chi connectivity index (χ4v) is 1.51. The van der Waals surface area contributed by atoms with Crippen LogP contribution in [0.3, 0.4) is 0 Å². The van der Waals surface area contributed by atoms with E-state index >= 15 is 0 Å². The van der Waals surface area contributed by atoms with Crippen LogP contribution in [-0.4, -0.2) is 37.1 Å². The predicted molar refractivity (Wildman–Crippen MR) is 58.2 cm³/mol. The quantitative estimate of drug-likeness (QED) is 0.585. The summed E-state index contributed by atoms with van der Waals surface area (Å²) in [6, 6.07) is 0.302. The van der Waals surface area contributed by atoms with Crippen LogP contribution < -0.4 is 0 Å². The Bertz CT molecular complexity index is 176. The number of ether oxygens (including phenoxy) is 1. The fourth-order valence-electron chi connectivity index (χ4n) is 1.51. The zero-order chi connectivity index (χ0) is 11.0. The first kappa shape index (κ1) is 13.2. The summed E-state index contributed by atoms with van der Waals surface area (Å²) in [6.07, 6.45) is 3.31. The van der Waals surface area contributed by atoms with Gasteiger partial charge in [0.05, 0.1) is 6.61 Å². The molecule has 1 amide bonds. The Morgan fingerprint density at radius 3 is 2.43 bits per heavy atom. The number of amides is 1. The zero-order valence-electron chi connectivity index (χ0n) is 9.45. The average molecular weight is 199 g/mol. The molecule has 0 fully saturated rings. The third-order valence-corrected chi connectivity index (χ3v) is 2.38. The monoisotopic (exact) mass is 199 g/mol. The molecule has 0 bridgehead atoms. The van der Waals surface area contributed by atoms with Crippen LogP contribution >= 0.6 is 0 Å². The molecule has 3 nitrogen and oxygen atoms in total. The number of carbonyl (C=O) groups is 1. The van der Waals surface area contributed by atoms with E-state index in [4.69, 9.17) is 4.74 Å². The van der Waals surface area contributed by atoms with Crippen molar-refractivity contribution in [3.8, 4) is 0 Å². The molecule has 0 rings (SSSR count). The maximum Gasteiger partial charge on any atom is 0.246 e. The topological polar surface area (TPSA) is 29.5 Å². The molecule has 82 valence electrons. The smallest absolute Gasteiger partial charge is 0.246 e. The van der Waals surface area contributed by atoms with Crippen molar-refractivity contribution in [2.75, 3.05) is 20.3 Å². The molecule has 0 aromatic heterocycles. The predicted octanol–water partition coefficient (Wildman–Crippen LogP) is 1.84. The Labute approximate surface area is 86.7 Å². The summed E-state index contributed by atoms with van der Waals surface area (Å²) in [4.78, 5) is 13.4. The minimum Gasteiger partial charge on any atom is -0.383 e. The molecule has 0 radical (unpaired) electrons. The third-order valence-electron chi connectivity index (χ3n) is 2.38. The SMILES string of the molecule is C=CC(=O)N(CCOC)C(CC)CC. The van der Waals surface area contributed by atoms with Crippen molar-refractivity contribution in [2.45, 2.75) is 32.7 Å². The first-order chi connectivity index (χ1) is 6.71. The lowest BCUT2D eigenvalue weighted by molar-refractivity contribution is -0.129. The summed E-state index contributed by atoms with van der Waals surface area (Å²) in [5.41, 5.74) is 0. The van der Waals surface area contributed by atoms with Crippen molar-refractivity contribution >= 4 is 5.91 Å². The fraction of sp³-hybridized carbons (Fsp3) is 0.727. The van der Waals surface area contributed by atoms with Gasteiger partial charge in [-0.15, -0.1) is 0 Å². The van der Waals surface area contributed by atoms with E-state index in [2.05, 4.69) is 20.4 Å². The average Bonchev–Trinajstić information content (AvgIpc) is 2.23. The van der Waals surface area contributed by atoms with Gasteiger partial charge in [-0.2, -0.15) is 0 Å². The summed E-state index contributed by atoms with van der Waals surface area (Å²) in [7, 11) is 1.64. The molecule has 0 aliphatic carbocycles. The molecule has 0 unspecified atom stereocenters. The number of rotatable bonds is 7. The van der Waals surface area contributed by atoms with Gasteiger partial charge in [-0.1, -0.05) is 20.4 Å². The lowest BCUT2D eigenvalue weighted by atomic mass is 10.1. The number of carbonyl (C=O) groups excluding carboxylic acids is 1. The molecule has 3 heteroatoms. The van der Waals surface area contributed by atoms with Crippen molar-refractivity contribution < 1.29 is 9.53 Å². The van der Waals surface area contributed by atoms with Crippen LogP contribution in [0.5, 0.6) is 0 Å². The van der Waals surface area contributed by atoms with Crippen LogP contribution in [0.25, 0.3) is 0 Å². The molecule has 0 saturated heterocycles. The summed E-state index contributed by atoms with van der Waals surface area (Å²) < 4.78 is 4.98. The normalized spacial score (nSPS) is 10.3. The van der Waals surface area contributed by atoms with E-state index in [0.717, 1.165) is 12.8 Å². The van der Waals surface area contributed by atoms with E-state index in [9.17, 15) is 4.79 Å². The lowest BCUT2D eigenvalue weighted by Gasteiger charge is -2.29. The molecular weight excluding hydrogens is 178 g/mol. The molecular formula is C11H21NO2. The van der Waals surface area contributed by atoms with Crippen molar-refractivity contribution in [2.24, 2.45) is 0 Å². The van der Waals surface area contributed by atoms with Crippen LogP contribution in [0.2, 0.25) is 0 Å². The minimum atomic E-state index is -0.00394. The van der Waals surface area contributed by atoms with E-state index < -0.39 is 0 Å². The second-order valence-electron chi connectivity index (χ2n) is 3.20. The number of nitrogens with zero attached hydrogens (tertiary/aromatic N) is 1. The molecule has 0 heterocycles. The largest absolute Gasteiger partial charge is 0.383 e. The number of hydrogen-bond donors (Lipinski definition) is 0. The van der Waals surface area contributed by atoms with Gasteiger partial charge in [0.1, 0.15) is 0 Å². The molecule has 0 aromatic carbocycles. The first-order valence-corrected chi connectivity index (χ1v) is 5.13. The van der Waals surface area contributed by atoms with Gasteiger partial charge in [-0.05, 0) is 18.9 Å². The standard InChI is InChI=1S/C11H21NO2/c1-5-10(6-2)12(8-9-14-4)11(13)7-3/h7,10H,3,5-6,8-9H2,1-2,4H3. The molecule has 0 aliphatic rings. The minimum absolute atomic E-state index is 0.00394. The van der Waals surface area contributed by atoms with Crippen molar-refractivity contribution in [1.82, 2.24) is 4.90 Å². The third kappa shape index (κ3) is 3.92. The lowest BCUT2D eigenvalue weighted by Crippen LogP contribution is -2.40. The first-order valence-electron chi connectivity index (χ1n) is 5.13. The molecule has 0 saturated carbocycles. The molecule has 0 N–H and O–H groups in total. The number of methoxy groups -OCH3 is 1. The Morgan fingerprint density at radius 2 is 2.07 bits per heavy atom. The second-order valence-corrected chi connectivity index (χ2v) is 3.20. The van der Waals surface area contributed by atoms with Gasteiger partial charge in [-0.3, -0.25) is 4.79 Å². The van der Waals surface area contributed by atoms with Gasteiger partial charge in [-0.25, -0.2) is 0 Å². The highest BCUT2D eigenvalue weighted by Gasteiger charge is 2.17. The summed E-state index contributed by atoms with van der Waals surface area (Å²) in [6.45, 7) is 8.91. The maximum atomic E-state index is 11.5. The summed E-state index contributed by atoms with van der Waals surface area (Å²) >= 11 is 0. The van der Waals surface area contributed by atoms with Crippen molar-refractivity contribution in [3.05, 3.63) is 12.7 Å². The van der Waals surface area contributed by atoms with Gasteiger partial charge in [0.2, 0.25) is 5.91 Å². The van der Waals surface area contributed by atoms with Crippen molar-refractivity contribution in [3.63, 3.8) is 0 Å². The van der Waals surface area contributed by atoms with Gasteiger partial charge in [0, 0.05) is 19.7 Å². The van der Waals surface area contributed by atoms with Gasteiger partial charge in [0.25, 0.3) is 0 Å². The summed E-state index contributed by atoms with van der Waals surface area (Å²) in [5.74, 6) is -0.00394. The van der Waals surface area contributed by atoms with Gasteiger partial charge in [0.15, 0.2) is 0 Å². The number of hydrogen-bond acceptors (Lipinski definition) is 2. The van der Waals surface area contributed by atoms with Gasteiger partial charge < -0.3 is 9.64 Å². The Morgan fingerprint density at radius 1 is 1.50 bits per heavy atom. The van der Waals surface area contributed by atoms with Crippen LogP contribution in [0, 0.1) is 0 Å². The second kappa shape index (κ2) is 7.56. The highest BCUT2D eigenvalue weighted by atomic mass is 16.5. The van der Waals surface area contributed by atoms with Crippen molar-refractivity contribution in [1.29, 1.82) is 0 Å². The zero-order valence-corrected chi connectivity index (χ0v) is 9.45. The molecule has 0 aromatic rings. The van der Waals surface area contributed by atoms with Crippen LogP contribution in [0.4, 0.5) is 0 Å². The van der Waals surface area contributed by atoms with Crippen LogP contribution in [0.1, 0.15) is 26.7 Å². The highest BCUT2D eigenvalue weighted by Crippen LogP contribution is 2.08.